The summed E-state index contributed by atoms with van der Waals surface area (Å²) in [5, 5.41) is 3.64. The molecule has 1 aromatic heterocycles. The van der Waals surface area contributed by atoms with Crippen LogP contribution in [-0.2, 0) is 0 Å². The fraction of sp³-hybridized carbons (Fsp3) is 0.500. The molecule has 15 heavy (non-hydrogen) atoms. The Balaban J connectivity index is 1.84. The van der Waals surface area contributed by atoms with Crippen LogP contribution in [0.25, 0.3) is 0 Å². The van der Waals surface area contributed by atoms with Crippen molar-refractivity contribution in [3.8, 4) is 0 Å². The summed E-state index contributed by atoms with van der Waals surface area (Å²) in [6, 6.07) is 3.03. The normalized spacial score (nSPS) is 21.3. The first kappa shape index (κ1) is 11.1. The van der Waals surface area contributed by atoms with Crippen molar-refractivity contribution < 1.29 is 4.39 Å². The largest absolute Gasteiger partial charge is 0.366 e. The molecule has 1 atom stereocenters. The van der Waals surface area contributed by atoms with Crippen LogP contribution in [0.2, 0.25) is 0 Å². The summed E-state index contributed by atoms with van der Waals surface area (Å²) in [7, 11) is 0. The summed E-state index contributed by atoms with van der Waals surface area (Å²) in [6.07, 6.45) is 1.61. The molecule has 0 aromatic carbocycles. The van der Waals surface area contributed by atoms with Gasteiger partial charge in [0.05, 0.1) is 0 Å². The minimum absolute atomic E-state index is 0.272. The molecule has 1 saturated heterocycles. The highest BCUT2D eigenvalue weighted by Gasteiger charge is 2.14. The predicted molar refractivity (Wildman–Crippen MR) is 66.3 cm³/mol. The zero-order valence-corrected chi connectivity index (χ0v) is 9.91. The minimum Gasteiger partial charge on any atom is -0.366 e. The van der Waals surface area contributed by atoms with E-state index < -0.39 is 0 Å². The van der Waals surface area contributed by atoms with E-state index in [-0.39, 0.29) is 5.82 Å². The van der Waals surface area contributed by atoms with Crippen molar-refractivity contribution in [1.82, 2.24) is 4.98 Å². The van der Waals surface area contributed by atoms with Crippen molar-refractivity contribution in [2.75, 3.05) is 29.1 Å². The van der Waals surface area contributed by atoms with Gasteiger partial charge in [0.15, 0.2) is 11.6 Å². The average molecular weight is 244 g/mol. The lowest BCUT2D eigenvalue weighted by atomic mass is 10.4. The fourth-order valence-corrected chi connectivity index (χ4v) is 3.99. The standard InChI is InChI=1S/C10H13FN2S2/c11-9-2-1-3-12-10(9)13-6-8-7-14-4-5-15-8/h1-3,8H,4-7H2,(H,12,13). The van der Waals surface area contributed by atoms with Crippen molar-refractivity contribution in [3.63, 3.8) is 0 Å². The zero-order valence-electron chi connectivity index (χ0n) is 8.28. The Labute approximate surface area is 97.4 Å². The van der Waals surface area contributed by atoms with Crippen LogP contribution >= 0.6 is 23.5 Å². The number of hydrogen-bond acceptors (Lipinski definition) is 4. The third kappa shape index (κ3) is 3.28. The van der Waals surface area contributed by atoms with E-state index in [1.54, 1.807) is 12.3 Å². The SMILES string of the molecule is Fc1cccnc1NCC1CSCCS1. The van der Waals surface area contributed by atoms with Crippen LogP contribution in [0.15, 0.2) is 18.3 Å². The molecule has 0 saturated carbocycles. The highest BCUT2D eigenvalue weighted by molar-refractivity contribution is 8.06. The molecule has 1 aliphatic heterocycles. The Kier molecular flexibility index (Phi) is 4.14. The van der Waals surface area contributed by atoms with Crippen molar-refractivity contribution in [1.29, 1.82) is 0 Å². The van der Waals surface area contributed by atoms with E-state index in [0.717, 1.165) is 12.3 Å². The van der Waals surface area contributed by atoms with Crippen LogP contribution in [0.4, 0.5) is 10.2 Å². The monoisotopic (exact) mass is 244 g/mol. The van der Waals surface area contributed by atoms with E-state index in [9.17, 15) is 4.39 Å². The topological polar surface area (TPSA) is 24.9 Å². The molecule has 0 bridgehead atoms. The molecule has 1 fully saturated rings. The van der Waals surface area contributed by atoms with Gasteiger partial charge in [0, 0.05) is 35.3 Å². The maximum Gasteiger partial charge on any atom is 0.165 e. The molecular weight excluding hydrogens is 231 g/mol. The van der Waals surface area contributed by atoms with E-state index in [2.05, 4.69) is 10.3 Å². The van der Waals surface area contributed by atoms with Gasteiger partial charge in [-0.15, -0.1) is 0 Å². The lowest BCUT2D eigenvalue weighted by molar-refractivity contribution is 0.624. The first-order chi connectivity index (χ1) is 7.36. The lowest BCUT2D eigenvalue weighted by Crippen LogP contribution is -2.23. The summed E-state index contributed by atoms with van der Waals surface area (Å²) in [4.78, 5) is 3.96. The van der Waals surface area contributed by atoms with Gasteiger partial charge in [0.25, 0.3) is 0 Å². The third-order valence-corrected chi connectivity index (χ3v) is 4.99. The Morgan fingerprint density at radius 1 is 1.53 bits per heavy atom. The number of halogens is 1. The van der Waals surface area contributed by atoms with Crippen molar-refractivity contribution in [2.45, 2.75) is 5.25 Å². The Morgan fingerprint density at radius 2 is 2.47 bits per heavy atom. The number of rotatable bonds is 3. The molecule has 0 aliphatic carbocycles. The summed E-state index contributed by atoms with van der Waals surface area (Å²) in [6.45, 7) is 0.797. The number of hydrogen-bond donors (Lipinski definition) is 1. The molecule has 0 amide bonds. The van der Waals surface area contributed by atoms with Crippen LogP contribution < -0.4 is 5.32 Å². The van der Waals surface area contributed by atoms with Gasteiger partial charge >= 0.3 is 0 Å². The van der Waals surface area contributed by atoms with Crippen molar-refractivity contribution in [3.05, 3.63) is 24.1 Å². The zero-order chi connectivity index (χ0) is 10.5. The fourth-order valence-electron chi connectivity index (χ4n) is 1.38. The second kappa shape index (κ2) is 5.61. The summed E-state index contributed by atoms with van der Waals surface area (Å²) < 4.78 is 13.2. The Hall–Kier alpha value is -0.420. The molecule has 82 valence electrons. The number of anilines is 1. The Bertz CT molecular complexity index is 316. The van der Waals surface area contributed by atoms with Gasteiger partial charge in [0.1, 0.15) is 0 Å². The van der Waals surface area contributed by atoms with Gasteiger partial charge < -0.3 is 5.32 Å². The number of nitrogens with zero attached hydrogens (tertiary/aromatic N) is 1. The van der Waals surface area contributed by atoms with Gasteiger partial charge in [0.2, 0.25) is 0 Å². The van der Waals surface area contributed by atoms with Gasteiger partial charge in [-0.05, 0) is 12.1 Å². The number of pyridine rings is 1. The van der Waals surface area contributed by atoms with Crippen LogP contribution in [0.5, 0.6) is 0 Å². The summed E-state index contributed by atoms with van der Waals surface area (Å²) >= 11 is 3.92. The van der Waals surface area contributed by atoms with E-state index in [1.807, 2.05) is 23.5 Å². The molecule has 1 aromatic rings. The summed E-state index contributed by atoms with van der Waals surface area (Å²) in [5.41, 5.74) is 0. The quantitative estimate of drug-likeness (QED) is 0.883. The molecule has 1 N–H and O–H groups in total. The molecule has 2 nitrogen and oxygen atoms in total. The Morgan fingerprint density at radius 3 is 3.20 bits per heavy atom. The number of aromatic nitrogens is 1. The second-order valence-corrected chi connectivity index (χ2v) is 5.84. The van der Waals surface area contributed by atoms with Crippen molar-refractivity contribution in [2.24, 2.45) is 0 Å². The van der Waals surface area contributed by atoms with Gasteiger partial charge in [-0.3, -0.25) is 0 Å². The molecule has 0 radical (unpaired) electrons. The molecular formula is C10H13FN2S2. The van der Waals surface area contributed by atoms with E-state index >= 15 is 0 Å². The number of nitrogens with one attached hydrogen (secondary N) is 1. The highest BCUT2D eigenvalue weighted by atomic mass is 32.2. The van der Waals surface area contributed by atoms with E-state index in [4.69, 9.17) is 0 Å². The van der Waals surface area contributed by atoms with Crippen LogP contribution in [-0.4, -0.2) is 34.0 Å². The van der Waals surface area contributed by atoms with E-state index in [0.29, 0.717) is 11.1 Å². The van der Waals surface area contributed by atoms with Crippen LogP contribution in [0.3, 0.4) is 0 Å². The smallest absolute Gasteiger partial charge is 0.165 e. The predicted octanol–water partition coefficient (Wildman–Crippen LogP) is 2.48. The summed E-state index contributed by atoms with van der Waals surface area (Å²) in [5.74, 6) is 3.67. The van der Waals surface area contributed by atoms with Gasteiger partial charge in [-0.1, -0.05) is 0 Å². The van der Waals surface area contributed by atoms with Crippen molar-refractivity contribution >= 4 is 29.3 Å². The number of thioether (sulfide) groups is 2. The second-order valence-electron chi connectivity index (χ2n) is 3.28. The minimum atomic E-state index is -0.272. The van der Waals surface area contributed by atoms with Gasteiger partial charge in [-0.2, -0.15) is 23.5 Å². The van der Waals surface area contributed by atoms with Crippen LogP contribution in [0.1, 0.15) is 0 Å². The molecule has 2 rings (SSSR count). The third-order valence-electron chi connectivity index (χ3n) is 2.14. The highest BCUT2D eigenvalue weighted by Crippen LogP contribution is 2.24. The average Bonchev–Trinajstić information content (AvgIpc) is 2.29. The molecule has 5 heteroatoms. The molecule has 1 aliphatic rings. The molecule has 2 heterocycles. The maximum absolute atomic E-state index is 13.2. The first-order valence-electron chi connectivity index (χ1n) is 4.90. The molecule has 0 spiro atoms. The lowest BCUT2D eigenvalue weighted by Gasteiger charge is -2.21. The first-order valence-corrected chi connectivity index (χ1v) is 7.10. The van der Waals surface area contributed by atoms with Crippen LogP contribution in [0, 0.1) is 5.82 Å². The van der Waals surface area contributed by atoms with Gasteiger partial charge in [-0.25, -0.2) is 9.37 Å². The van der Waals surface area contributed by atoms with E-state index in [1.165, 1.54) is 17.6 Å². The molecule has 1 unspecified atom stereocenters. The maximum atomic E-state index is 13.2.